The number of sulfonamides is 1. The van der Waals surface area contributed by atoms with Crippen molar-refractivity contribution in [3.05, 3.63) is 23.2 Å². The fraction of sp³-hybridized carbons (Fsp3) is 0.333. The van der Waals surface area contributed by atoms with E-state index in [2.05, 4.69) is 5.32 Å². The van der Waals surface area contributed by atoms with Crippen LogP contribution in [0.25, 0.3) is 0 Å². The van der Waals surface area contributed by atoms with Gasteiger partial charge < -0.3 is 5.73 Å². The normalized spacial score (nSPS) is 19.4. The molecule has 1 aliphatic heterocycles. The molecule has 114 valence electrons. The molecule has 2 rings (SSSR count). The molecule has 3 N–H and O–H groups in total. The van der Waals surface area contributed by atoms with Gasteiger partial charge >= 0.3 is 0 Å². The van der Waals surface area contributed by atoms with Crippen LogP contribution in [-0.4, -0.2) is 36.6 Å². The Bertz CT molecular complexity index is 710. The summed E-state index contributed by atoms with van der Waals surface area (Å²) in [5.41, 5.74) is 4.22. The molecule has 2 amide bonds. The van der Waals surface area contributed by atoms with Gasteiger partial charge in [0.1, 0.15) is 10.4 Å². The van der Waals surface area contributed by atoms with Gasteiger partial charge in [-0.15, -0.1) is 0 Å². The van der Waals surface area contributed by atoms with Gasteiger partial charge in [-0.2, -0.15) is 4.31 Å². The average Bonchev–Trinajstić information content (AvgIpc) is 2.33. The molecule has 1 aromatic carbocycles. The van der Waals surface area contributed by atoms with Crippen LogP contribution in [0, 0.1) is 0 Å². The van der Waals surface area contributed by atoms with Crippen molar-refractivity contribution in [3.63, 3.8) is 0 Å². The Morgan fingerprint density at radius 1 is 1.33 bits per heavy atom. The Kier molecular flexibility index (Phi) is 3.73. The van der Waals surface area contributed by atoms with Crippen molar-refractivity contribution in [1.29, 1.82) is 0 Å². The molecule has 0 spiro atoms. The molecule has 21 heavy (non-hydrogen) atoms. The molecule has 7 nitrogen and oxygen atoms in total. The first-order valence-electron chi connectivity index (χ1n) is 5.99. The molecular weight excluding hydrogens is 318 g/mol. The molecule has 9 heteroatoms. The molecule has 1 aliphatic rings. The summed E-state index contributed by atoms with van der Waals surface area (Å²) in [6.07, 6.45) is 0. The lowest BCUT2D eigenvalue weighted by atomic mass is 10.0. The van der Waals surface area contributed by atoms with Crippen molar-refractivity contribution in [3.8, 4) is 0 Å². The van der Waals surface area contributed by atoms with E-state index < -0.39 is 33.9 Å². The van der Waals surface area contributed by atoms with Crippen molar-refractivity contribution in [2.75, 3.05) is 12.3 Å². The summed E-state index contributed by atoms with van der Waals surface area (Å²) < 4.78 is 26.3. The number of nitrogens with two attached hydrogens (primary N) is 1. The number of carbonyl (C=O) groups is 2. The summed E-state index contributed by atoms with van der Waals surface area (Å²) in [7, 11) is -4.20. The molecule has 0 unspecified atom stereocenters. The van der Waals surface area contributed by atoms with Gasteiger partial charge in [0.15, 0.2) is 0 Å². The zero-order valence-electron chi connectivity index (χ0n) is 11.4. The first-order chi connectivity index (χ1) is 9.58. The summed E-state index contributed by atoms with van der Waals surface area (Å²) in [6, 6.07) is 4.27. The van der Waals surface area contributed by atoms with E-state index in [4.69, 9.17) is 17.3 Å². The number of piperazine rings is 1. The van der Waals surface area contributed by atoms with Crippen molar-refractivity contribution in [2.24, 2.45) is 0 Å². The zero-order valence-corrected chi connectivity index (χ0v) is 13.0. The van der Waals surface area contributed by atoms with Crippen molar-refractivity contribution in [2.45, 2.75) is 24.3 Å². The molecule has 0 saturated carbocycles. The maximum absolute atomic E-state index is 12.8. The Hall–Kier alpha value is -1.64. The molecule has 1 saturated heterocycles. The summed E-state index contributed by atoms with van der Waals surface area (Å²) in [5, 5.41) is 2.04. The largest absolute Gasteiger partial charge is 0.398 e. The summed E-state index contributed by atoms with van der Waals surface area (Å²) in [4.78, 5) is 23.1. The number of nitrogens with zero attached hydrogens (tertiary/aromatic N) is 1. The number of hydrogen-bond donors (Lipinski definition) is 2. The second-order valence-corrected chi connectivity index (χ2v) is 7.31. The van der Waals surface area contributed by atoms with E-state index in [1.165, 1.54) is 32.0 Å². The topological polar surface area (TPSA) is 110 Å². The van der Waals surface area contributed by atoms with Crippen molar-refractivity contribution >= 4 is 39.1 Å². The maximum atomic E-state index is 12.8. The van der Waals surface area contributed by atoms with Crippen molar-refractivity contribution < 1.29 is 18.0 Å². The van der Waals surface area contributed by atoms with Crippen molar-refractivity contribution in [1.82, 2.24) is 9.62 Å². The van der Waals surface area contributed by atoms with Crippen LogP contribution in [0.3, 0.4) is 0 Å². The first kappa shape index (κ1) is 15.7. The number of nitrogen functional groups attached to an aromatic ring is 1. The van der Waals surface area contributed by atoms with Crippen LogP contribution in [-0.2, 0) is 19.6 Å². The molecule has 0 atom stereocenters. The molecule has 1 heterocycles. The fourth-order valence-corrected chi connectivity index (χ4v) is 4.40. The third-order valence-electron chi connectivity index (χ3n) is 3.26. The van der Waals surface area contributed by atoms with Gasteiger partial charge in [0.2, 0.25) is 21.8 Å². The summed E-state index contributed by atoms with van der Waals surface area (Å²) >= 11 is 5.93. The smallest absolute Gasteiger partial charge is 0.248 e. The first-order valence-corrected chi connectivity index (χ1v) is 7.81. The quantitative estimate of drug-likeness (QED) is 0.600. The minimum Gasteiger partial charge on any atom is -0.398 e. The van der Waals surface area contributed by atoms with Gasteiger partial charge in [-0.3, -0.25) is 14.9 Å². The second kappa shape index (κ2) is 4.97. The molecule has 0 aromatic heterocycles. The van der Waals surface area contributed by atoms with Crippen LogP contribution in [0.15, 0.2) is 23.1 Å². The van der Waals surface area contributed by atoms with Crippen LogP contribution < -0.4 is 11.1 Å². The third kappa shape index (κ3) is 2.50. The zero-order chi connectivity index (χ0) is 16.0. The van der Waals surface area contributed by atoms with Gasteiger partial charge in [-0.05, 0) is 26.0 Å². The highest BCUT2D eigenvalue weighted by atomic mass is 35.5. The maximum Gasteiger partial charge on any atom is 0.248 e. The summed E-state index contributed by atoms with van der Waals surface area (Å²) in [5.74, 6) is -1.40. The second-order valence-electron chi connectivity index (χ2n) is 5.11. The standard InChI is InChI=1S/C12H14ClN3O4S/c1-12(2)11(18)15-9(17)6-16(12)21(19,20)10-7(13)4-3-5-8(10)14/h3-5H,6,14H2,1-2H3,(H,15,17,18). The SMILES string of the molecule is CC1(C)C(=O)NC(=O)CN1S(=O)(=O)c1c(N)cccc1Cl. The average molecular weight is 332 g/mol. The Morgan fingerprint density at radius 3 is 2.52 bits per heavy atom. The van der Waals surface area contributed by atoms with E-state index in [0.29, 0.717) is 0 Å². The van der Waals surface area contributed by atoms with E-state index >= 15 is 0 Å². The number of nitrogens with one attached hydrogen (secondary N) is 1. The number of anilines is 1. The van der Waals surface area contributed by atoms with Gasteiger partial charge in [0, 0.05) is 0 Å². The van der Waals surface area contributed by atoms with E-state index in [-0.39, 0.29) is 15.6 Å². The lowest BCUT2D eigenvalue weighted by Crippen LogP contribution is -2.65. The van der Waals surface area contributed by atoms with Crippen LogP contribution >= 0.6 is 11.6 Å². The number of rotatable bonds is 2. The van der Waals surface area contributed by atoms with Crippen LogP contribution in [0.1, 0.15) is 13.8 Å². The number of benzene rings is 1. The number of hydrogen-bond acceptors (Lipinski definition) is 5. The third-order valence-corrected chi connectivity index (χ3v) is 5.83. The van der Waals surface area contributed by atoms with Gasteiger partial charge in [-0.25, -0.2) is 8.42 Å². The predicted octanol–water partition coefficient (Wildman–Crippen LogP) is 0.348. The monoisotopic (exact) mass is 331 g/mol. The molecule has 1 aromatic rings. The Morgan fingerprint density at radius 2 is 1.95 bits per heavy atom. The lowest BCUT2D eigenvalue weighted by Gasteiger charge is -2.39. The molecule has 1 fully saturated rings. The Balaban J connectivity index is 2.63. The molecule has 0 aliphatic carbocycles. The number of halogens is 1. The number of amides is 2. The van der Waals surface area contributed by atoms with Crippen LogP contribution in [0.5, 0.6) is 0 Å². The minimum absolute atomic E-state index is 0.0447. The molecule has 0 radical (unpaired) electrons. The highest BCUT2D eigenvalue weighted by Gasteiger charge is 2.48. The summed E-state index contributed by atoms with van der Waals surface area (Å²) in [6.45, 7) is 2.32. The highest BCUT2D eigenvalue weighted by molar-refractivity contribution is 7.89. The van der Waals surface area contributed by atoms with E-state index in [1.807, 2.05) is 0 Å². The van der Waals surface area contributed by atoms with Gasteiger partial charge in [0.25, 0.3) is 0 Å². The van der Waals surface area contributed by atoms with Crippen LogP contribution in [0.2, 0.25) is 5.02 Å². The minimum atomic E-state index is -4.20. The van der Waals surface area contributed by atoms with Gasteiger partial charge in [-0.1, -0.05) is 17.7 Å². The molecular formula is C12H14ClN3O4S. The fourth-order valence-electron chi connectivity index (χ4n) is 2.05. The Labute approximate surface area is 127 Å². The van der Waals surface area contributed by atoms with Crippen LogP contribution in [0.4, 0.5) is 5.69 Å². The van der Waals surface area contributed by atoms with E-state index in [0.717, 1.165) is 4.31 Å². The highest BCUT2D eigenvalue weighted by Crippen LogP contribution is 2.34. The predicted molar refractivity (Wildman–Crippen MR) is 77.0 cm³/mol. The number of carbonyl (C=O) groups excluding carboxylic acids is 2. The van der Waals surface area contributed by atoms with E-state index in [9.17, 15) is 18.0 Å². The van der Waals surface area contributed by atoms with E-state index in [1.54, 1.807) is 0 Å². The molecule has 0 bridgehead atoms. The lowest BCUT2D eigenvalue weighted by molar-refractivity contribution is -0.141. The number of imide groups is 1. The van der Waals surface area contributed by atoms with Gasteiger partial charge in [0.05, 0.1) is 17.3 Å².